The molecule has 7 nitrogen and oxygen atoms in total. The first-order chi connectivity index (χ1) is 14.5. The summed E-state index contributed by atoms with van der Waals surface area (Å²) in [5.74, 6) is 1.70. The van der Waals surface area contributed by atoms with Gasteiger partial charge in [-0.25, -0.2) is 0 Å². The van der Waals surface area contributed by atoms with Crippen molar-refractivity contribution in [2.24, 2.45) is 4.99 Å². The number of piperazine rings is 1. The van der Waals surface area contributed by atoms with Crippen molar-refractivity contribution in [3.63, 3.8) is 0 Å². The first-order valence-electron chi connectivity index (χ1n) is 10.3. The van der Waals surface area contributed by atoms with Gasteiger partial charge in [-0.05, 0) is 43.2 Å². The third-order valence-corrected chi connectivity index (χ3v) is 5.00. The number of nitrogens with one attached hydrogen (secondary N) is 3. The van der Waals surface area contributed by atoms with Crippen LogP contribution in [0.4, 0.5) is 5.69 Å². The summed E-state index contributed by atoms with van der Waals surface area (Å²) in [4.78, 5) is 17.9. The quantitative estimate of drug-likeness (QED) is 0.288. The summed E-state index contributed by atoms with van der Waals surface area (Å²) in [5, 5.41) is 9.48. The van der Waals surface area contributed by atoms with E-state index in [0.717, 1.165) is 35.1 Å². The van der Waals surface area contributed by atoms with E-state index in [-0.39, 0.29) is 36.0 Å². The molecule has 0 saturated carbocycles. The maximum atomic E-state index is 11.6. The summed E-state index contributed by atoms with van der Waals surface area (Å²) in [6, 6.07) is 16.3. The molecule has 1 amide bonds. The average molecular weight is 537 g/mol. The fourth-order valence-corrected chi connectivity index (χ4v) is 3.28. The van der Waals surface area contributed by atoms with E-state index in [2.05, 4.69) is 50.1 Å². The lowest BCUT2D eigenvalue weighted by molar-refractivity contribution is -0.120. The van der Waals surface area contributed by atoms with Crippen molar-refractivity contribution in [2.75, 3.05) is 38.1 Å². The van der Waals surface area contributed by atoms with Crippen LogP contribution in [0.2, 0.25) is 0 Å². The number of hydrogen-bond acceptors (Lipinski definition) is 4. The van der Waals surface area contributed by atoms with Gasteiger partial charge in [0, 0.05) is 32.4 Å². The van der Waals surface area contributed by atoms with Crippen LogP contribution in [-0.4, -0.2) is 51.2 Å². The Morgan fingerprint density at radius 1 is 1.19 bits per heavy atom. The van der Waals surface area contributed by atoms with Crippen molar-refractivity contribution < 1.29 is 9.53 Å². The minimum Gasteiger partial charge on any atom is -0.489 e. The molecule has 1 fully saturated rings. The maximum Gasteiger partial charge on any atom is 0.239 e. The van der Waals surface area contributed by atoms with Crippen LogP contribution in [0.1, 0.15) is 18.1 Å². The minimum absolute atomic E-state index is 0. The van der Waals surface area contributed by atoms with Crippen molar-refractivity contribution in [3.8, 4) is 5.75 Å². The van der Waals surface area contributed by atoms with Gasteiger partial charge in [0.25, 0.3) is 0 Å². The van der Waals surface area contributed by atoms with E-state index in [4.69, 9.17) is 4.74 Å². The molecule has 0 spiro atoms. The molecule has 3 N–H and O–H groups in total. The molecule has 1 aliphatic rings. The fraction of sp³-hybridized carbons (Fsp3) is 0.391. The number of amides is 1. The van der Waals surface area contributed by atoms with Gasteiger partial charge in [-0.2, -0.15) is 0 Å². The van der Waals surface area contributed by atoms with Crippen molar-refractivity contribution >= 4 is 41.5 Å². The van der Waals surface area contributed by atoms with Crippen LogP contribution in [0.3, 0.4) is 0 Å². The van der Waals surface area contributed by atoms with Gasteiger partial charge in [0.05, 0.1) is 13.1 Å². The Balaban J connectivity index is 0.00000341. The zero-order valence-electron chi connectivity index (χ0n) is 18.4. The smallest absolute Gasteiger partial charge is 0.239 e. The molecule has 8 heteroatoms. The Hall–Kier alpha value is -2.49. The van der Waals surface area contributed by atoms with E-state index in [0.29, 0.717) is 26.2 Å². The van der Waals surface area contributed by atoms with E-state index >= 15 is 0 Å². The molecule has 2 aromatic carbocycles. The van der Waals surface area contributed by atoms with E-state index in [1.165, 1.54) is 0 Å². The first kappa shape index (κ1) is 24.8. The van der Waals surface area contributed by atoms with Gasteiger partial charge in [0.15, 0.2) is 5.96 Å². The highest BCUT2D eigenvalue weighted by atomic mass is 127. The molecule has 0 bridgehead atoms. The summed E-state index contributed by atoms with van der Waals surface area (Å²) in [6.45, 7) is 7.32. The van der Waals surface area contributed by atoms with Crippen LogP contribution in [0.15, 0.2) is 53.5 Å². The van der Waals surface area contributed by atoms with Crippen LogP contribution in [-0.2, 0) is 11.3 Å². The van der Waals surface area contributed by atoms with E-state index in [1.807, 2.05) is 38.1 Å². The number of benzene rings is 2. The molecular weight excluding hydrogens is 505 g/mol. The Morgan fingerprint density at radius 2 is 1.94 bits per heavy atom. The molecule has 1 unspecified atom stereocenters. The van der Waals surface area contributed by atoms with Gasteiger partial charge in [-0.1, -0.05) is 30.3 Å². The number of aliphatic imine (C=N–C) groups is 1. The standard InChI is InChI=1S/C23H31N5O2.HI/c1-17-6-4-5-7-21(17)30-18(2)14-26-23(24-3)27-15-19-8-10-20(11-9-19)28-13-12-25-22(29)16-28;/h4-11,18H,12-16H2,1-3H3,(H,25,29)(H2,24,26,27);1H. The van der Waals surface area contributed by atoms with Crippen molar-refractivity contribution in [1.82, 2.24) is 16.0 Å². The zero-order chi connectivity index (χ0) is 21.3. The second-order valence-electron chi connectivity index (χ2n) is 7.44. The Bertz CT molecular complexity index is 873. The minimum atomic E-state index is 0. The number of anilines is 1. The third kappa shape index (κ3) is 7.61. The Kier molecular flexibility index (Phi) is 9.90. The lowest BCUT2D eigenvalue weighted by Gasteiger charge is -2.28. The highest BCUT2D eigenvalue weighted by Gasteiger charge is 2.16. The van der Waals surface area contributed by atoms with Gasteiger partial charge in [0.1, 0.15) is 11.9 Å². The largest absolute Gasteiger partial charge is 0.489 e. The monoisotopic (exact) mass is 537 g/mol. The molecule has 0 aliphatic carbocycles. The molecule has 31 heavy (non-hydrogen) atoms. The summed E-state index contributed by atoms with van der Waals surface area (Å²) in [5.41, 5.74) is 3.34. The van der Waals surface area contributed by atoms with Crippen LogP contribution in [0.5, 0.6) is 5.75 Å². The van der Waals surface area contributed by atoms with Gasteiger partial charge >= 0.3 is 0 Å². The van der Waals surface area contributed by atoms with Crippen LogP contribution >= 0.6 is 24.0 Å². The van der Waals surface area contributed by atoms with Crippen LogP contribution < -0.4 is 25.6 Å². The number of guanidine groups is 1. The number of aryl methyl sites for hydroxylation is 1. The zero-order valence-corrected chi connectivity index (χ0v) is 20.7. The van der Waals surface area contributed by atoms with Gasteiger partial charge in [0.2, 0.25) is 5.91 Å². The molecule has 1 aliphatic heterocycles. The molecule has 1 heterocycles. The number of nitrogens with zero attached hydrogens (tertiary/aromatic N) is 2. The molecule has 3 rings (SSSR count). The molecule has 1 saturated heterocycles. The fourth-order valence-electron chi connectivity index (χ4n) is 3.28. The third-order valence-electron chi connectivity index (χ3n) is 5.00. The number of ether oxygens (including phenoxy) is 1. The highest BCUT2D eigenvalue weighted by molar-refractivity contribution is 14.0. The second kappa shape index (κ2) is 12.4. The predicted octanol–water partition coefficient (Wildman–Crippen LogP) is 2.68. The molecule has 0 aromatic heterocycles. The summed E-state index contributed by atoms with van der Waals surface area (Å²) >= 11 is 0. The molecule has 1 atom stereocenters. The number of halogens is 1. The maximum absolute atomic E-state index is 11.6. The Morgan fingerprint density at radius 3 is 2.61 bits per heavy atom. The van der Waals surface area contributed by atoms with Gasteiger partial charge in [-0.15, -0.1) is 24.0 Å². The molecule has 0 radical (unpaired) electrons. The first-order valence-corrected chi connectivity index (χ1v) is 10.3. The van der Waals surface area contributed by atoms with Gasteiger partial charge < -0.3 is 25.6 Å². The number of hydrogen-bond donors (Lipinski definition) is 3. The SMILES string of the molecule is CN=C(NCc1ccc(N2CCNC(=O)C2)cc1)NCC(C)Oc1ccccc1C.I. The topological polar surface area (TPSA) is 78.0 Å². The van der Waals surface area contributed by atoms with E-state index in [1.54, 1.807) is 7.05 Å². The number of rotatable bonds is 7. The van der Waals surface area contributed by atoms with Crippen molar-refractivity contribution in [3.05, 3.63) is 59.7 Å². The second-order valence-corrected chi connectivity index (χ2v) is 7.44. The number of para-hydroxylation sites is 1. The summed E-state index contributed by atoms with van der Waals surface area (Å²) in [6.07, 6.45) is 0.00526. The molecule has 2 aromatic rings. The average Bonchev–Trinajstić information content (AvgIpc) is 2.76. The molecular formula is C23H32IN5O2. The van der Waals surface area contributed by atoms with E-state index < -0.39 is 0 Å². The van der Waals surface area contributed by atoms with Crippen LogP contribution in [0, 0.1) is 6.92 Å². The van der Waals surface area contributed by atoms with E-state index in [9.17, 15) is 4.79 Å². The number of carbonyl (C=O) groups excluding carboxylic acids is 1. The predicted molar refractivity (Wildman–Crippen MR) is 137 cm³/mol. The van der Waals surface area contributed by atoms with Crippen molar-refractivity contribution in [2.45, 2.75) is 26.5 Å². The lowest BCUT2D eigenvalue weighted by atomic mass is 10.2. The normalized spacial score (nSPS) is 14.9. The van der Waals surface area contributed by atoms with Gasteiger partial charge in [-0.3, -0.25) is 9.79 Å². The Labute approximate surface area is 201 Å². The lowest BCUT2D eigenvalue weighted by Crippen LogP contribution is -2.47. The highest BCUT2D eigenvalue weighted by Crippen LogP contribution is 2.18. The summed E-state index contributed by atoms with van der Waals surface area (Å²) < 4.78 is 6.00. The molecule has 168 valence electrons. The summed E-state index contributed by atoms with van der Waals surface area (Å²) in [7, 11) is 1.76. The van der Waals surface area contributed by atoms with Crippen LogP contribution in [0.25, 0.3) is 0 Å². The van der Waals surface area contributed by atoms with Crippen molar-refractivity contribution in [1.29, 1.82) is 0 Å². The number of carbonyl (C=O) groups is 1.